The smallest absolute Gasteiger partial charge is 0.250 e. The second-order valence-corrected chi connectivity index (χ2v) is 7.48. The molecule has 1 aliphatic rings. The van der Waals surface area contributed by atoms with Crippen LogP contribution in [0.2, 0.25) is 0 Å². The molecule has 0 aliphatic carbocycles. The summed E-state index contributed by atoms with van der Waals surface area (Å²) in [5.41, 5.74) is 4.69. The van der Waals surface area contributed by atoms with Crippen molar-refractivity contribution in [3.05, 3.63) is 58.6 Å². The van der Waals surface area contributed by atoms with Gasteiger partial charge in [0.2, 0.25) is 17.8 Å². The molecule has 1 aromatic heterocycles. The van der Waals surface area contributed by atoms with Crippen LogP contribution >= 0.6 is 15.9 Å². The molecule has 31 heavy (non-hydrogen) atoms. The summed E-state index contributed by atoms with van der Waals surface area (Å²) in [7, 11) is 1.63. The molecule has 9 nitrogen and oxygen atoms in total. The summed E-state index contributed by atoms with van der Waals surface area (Å²) in [5.74, 6) is 2.10. The molecule has 4 rings (SSSR count). The molecular weight excluding hydrogens is 462 g/mol. The lowest BCUT2D eigenvalue weighted by Gasteiger charge is -2.27. The van der Waals surface area contributed by atoms with Gasteiger partial charge in [-0.3, -0.25) is 0 Å². The van der Waals surface area contributed by atoms with E-state index in [1.54, 1.807) is 13.3 Å². The first-order valence-electron chi connectivity index (χ1n) is 9.75. The van der Waals surface area contributed by atoms with Crippen LogP contribution in [0.5, 0.6) is 5.75 Å². The second kappa shape index (κ2) is 10.2. The molecule has 0 atom stereocenters. The quantitative estimate of drug-likeness (QED) is 0.388. The lowest BCUT2D eigenvalue weighted by molar-refractivity contribution is 0.122. The zero-order chi connectivity index (χ0) is 21.5. The van der Waals surface area contributed by atoms with Crippen molar-refractivity contribution in [3.63, 3.8) is 0 Å². The van der Waals surface area contributed by atoms with Gasteiger partial charge in [0, 0.05) is 28.8 Å². The number of anilines is 4. The fraction of sp³-hybridized carbons (Fsp3) is 0.238. The number of nitrogens with one attached hydrogen (secondary N) is 2. The van der Waals surface area contributed by atoms with Crippen molar-refractivity contribution in [1.82, 2.24) is 15.0 Å². The third-order valence-electron chi connectivity index (χ3n) is 4.54. The van der Waals surface area contributed by atoms with E-state index in [0.29, 0.717) is 44.1 Å². The minimum atomic E-state index is 0.343. The average molecular weight is 484 g/mol. The van der Waals surface area contributed by atoms with Gasteiger partial charge < -0.3 is 19.7 Å². The molecule has 0 spiro atoms. The van der Waals surface area contributed by atoms with Gasteiger partial charge in [0.25, 0.3) is 0 Å². The number of methoxy groups -OCH3 is 1. The summed E-state index contributed by atoms with van der Waals surface area (Å²) >= 11 is 3.51. The monoisotopic (exact) mass is 483 g/mol. The largest absolute Gasteiger partial charge is 0.497 e. The zero-order valence-corrected chi connectivity index (χ0v) is 18.5. The number of rotatable bonds is 7. The van der Waals surface area contributed by atoms with Gasteiger partial charge in [-0.2, -0.15) is 20.1 Å². The van der Waals surface area contributed by atoms with E-state index in [-0.39, 0.29) is 0 Å². The Bertz CT molecular complexity index is 1040. The first-order valence-corrected chi connectivity index (χ1v) is 10.5. The Morgan fingerprint density at radius 1 is 1.03 bits per heavy atom. The highest BCUT2D eigenvalue weighted by molar-refractivity contribution is 9.10. The Balaban J connectivity index is 1.56. The third kappa shape index (κ3) is 5.68. The Hall–Kier alpha value is -3.24. The molecule has 2 heterocycles. The van der Waals surface area contributed by atoms with E-state index in [4.69, 9.17) is 9.47 Å². The summed E-state index contributed by atoms with van der Waals surface area (Å²) < 4.78 is 11.6. The van der Waals surface area contributed by atoms with Crippen molar-refractivity contribution in [2.24, 2.45) is 5.10 Å². The predicted molar refractivity (Wildman–Crippen MR) is 124 cm³/mol. The van der Waals surface area contributed by atoms with Crippen LogP contribution in [0.4, 0.5) is 23.5 Å². The van der Waals surface area contributed by atoms with Crippen molar-refractivity contribution < 1.29 is 9.47 Å². The van der Waals surface area contributed by atoms with Gasteiger partial charge >= 0.3 is 0 Å². The number of hydrazone groups is 1. The van der Waals surface area contributed by atoms with Gasteiger partial charge in [-0.05, 0) is 30.3 Å². The molecule has 0 radical (unpaired) electrons. The molecular formula is C21H22BrN7O2. The number of benzene rings is 2. The Morgan fingerprint density at radius 2 is 1.77 bits per heavy atom. The lowest BCUT2D eigenvalue weighted by Crippen LogP contribution is -2.37. The zero-order valence-electron chi connectivity index (χ0n) is 17.0. The third-order valence-corrected chi connectivity index (χ3v) is 5.26. The molecule has 2 aromatic carbocycles. The van der Waals surface area contributed by atoms with Gasteiger partial charge in [-0.15, -0.1) is 0 Å². The number of morpholine rings is 1. The van der Waals surface area contributed by atoms with Crippen LogP contribution in [0, 0.1) is 0 Å². The SMILES string of the molecule is COc1ccc(Nc2nc(N/N=C\c3ccccc3Br)nc(N3CCOCC3)n2)cc1. The van der Waals surface area contributed by atoms with Crippen LogP contribution in [-0.2, 0) is 4.74 Å². The molecule has 160 valence electrons. The molecule has 2 N–H and O–H groups in total. The van der Waals surface area contributed by atoms with E-state index in [0.717, 1.165) is 21.5 Å². The second-order valence-electron chi connectivity index (χ2n) is 6.63. The number of hydrogen-bond acceptors (Lipinski definition) is 9. The topological polar surface area (TPSA) is 96.8 Å². The van der Waals surface area contributed by atoms with E-state index in [9.17, 15) is 0 Å². The highest BCUT2D eigenvalue weighted by atomic mass is 79.9. The molecule has 1 saturated heterocycles. The van der Waals surface area contributed by atoms with E-state index in [2.05, 4.69) is 51.6 Å². The van der Waals surface area contributed by atoms with Crippen LogP contribution in [0.3, 0.4) is 0 Å². The number of ether oxygens (including phenoxy) is 2. The number of hydrogen-bond donors (Lipinski definition) is 2. The maximum Gasteiger partial charge on any atom is 0.250 e. The highest BCUT2D eigenvalue weighted by Gasteiger charge is 2.16. The van der Waals surface area contributed by atoms with Crippen molar-refractivity contribution in [2.75, 3.05) is 49.1 Å². The van der Waals surface area contributed by atoms with Gasteiger partial charge in [0.05, 0.1) is 26.5 Å². The molecule has 1 aliphatic heterocycles. The Morgan fingerprint density at radius 3 is 2.52 bits per heavy atom. The lowest BCUT2D eigenvalue weighted by atomic mass is 10.2. The number of nitrogens with zero attached hydrogens (tertiary/aromatic N) is 5. The van der Waals surface area contributed by atoms with Crippen molar-refractivity contribution in [1.29, 1.82) is 0 Å². The molecule has 0 unspecified atom stereocenters. The molecule has 0 saturated carbocycles. The summed E-state index contributed by atoms with van der Waals surface area (Å²) in [6.07, 6.45) is 1.71. The number of halogens is 1. The van der Waals surface area contributed by atoms with Crippen LogP contribution in [0.1, 0.15) is 5.56 Å². The molecule has 1 fully saturated rings. The van der Waals surface area contributed by atoms with Crippen LogP contribution in [0.15, 0.2) is 58.1 Å². The summed E-state index contributed by atoms with van der Waals surface area (Å²) in [4.78, 5) is 15.6. The molecule has 3 aromatic rings. The van der Waals surface area contributed by atoms with Gasteiger partial charge in [0.15, 0.2) is 0 Å². The molecule has 10 heteroatoms. The van der Waals surface area contributed by atoms with Crippen molar-refractivity contribution >= 4 is 45.7 Å². The predicted octanol–water partition coefficient (Wildman–Crippen LogP) is 3.67. The first-order chi connectivity index (χ1) is 15.2. The van der Waals surface area contributed by atoms with Crippen LogP contribution in [-0.4, -0.2) is 54.6 Å². The maximum atomic E-state index is 5.44. The molecule has 0 amide bonds. The first kappa shape index (κ1) is 21.0. The van der Waals surface area contributed by atoms with Gasteiger partial charge in [-0.25, -0.2) is 5.43 Å². The van der Waals surface area contributed by atoms with Gasteiger partial charge in [-0.1, -0.05) is 34.1 Å². The molecule has 0 bridgehead atoms. The fourth-order valence-electron chi connectivity index (χ4n) is 2.92. The van der Waals surface area contributed by atoms with Crippen molar-refractivity contribution in [3.8, 4) is 5.75 Å². The Labute approximate surface area is 188 Å². The maximum absolute atomic E-state index is 5.44. The minimum absolute atomic E-state index is 0.343. The highest BCUT2D eigenvalue weighted by Crippen LogP contribution is 2.21. The van der Waals surface area contributed by atoms with Gasteiger partial charge in [0.1, 0.15) is 5.75 Å². The number of aromatic nitrogens is 3. The van der Waals surface area contributed by atoms with Crippen molar-refractivity contribution in [2.45, 2.75) is 0 Å². The minimum Gasteiger partial charge on any atom is -0.497 e. The Kier molecular flexibility index (Phi) is 6.90. The summed E-state index contributed by atoms with van der Waals surface area (Å²) in [5, 5.41) is 7.50. The van der Waals surface area contributed by atoms with E-state index in [1.165, 1.54) is 0 Å². The summed E-state index contributed by atoms with van der Waals surface area (Å²) in [6, 6.07) is 15.3. The fourth-order valence-corrected chi connectivity index (χ4v) is 3.31. The summed E-state index contributed by atoms with van der Waals surface area (Å²) in [6.45, 7) is 2.70. The van der Waals surface area contributed by atoms with Crippen LogP contribution < -0.4 is 20.4 Å². The van der Waals surface area contributed by atoms with E-state index in [1.807, 2.05) is 48.5 Å². The normalized spacial score (nSPS) is 13.9. The average Bonchev–Trinajstić information content (AvgIpc) is 2.81. The van der Waals surface area contributed by atoms with Crippen LogP contribution in [0.25, 0.3) is 0 Å². The van der Waals surface area contributed by atoms with E-state index < -0.39 is 0 Å². The standard InChI is InChI=1S/C21H22BrN7O2/c1-30-17-8-6-16(7-9-17)24-19-25-20(27-21(26-19)29-10-12-31-13-11-29)28-23-14-15-4-2-3-5-18(15)22/h2-9,14H,10-13H2,1H3,(H2,24,25,26,27,28)/b23-14-. The van der Waals surface area contributed by atoms with E-state index >= 15 is 0 Å².